The summed E-state index contributed by atoms with van der Waals surface area (Å²) < 4.78 is 0. The van der Waals surface area contributed by atoms with E-state index in [2.05, 4.69) is 13.5 Å². The van der Waals surface area contributed by atoms with Crippen molar-refractivity contribution in [2.75, 3.05) is 0 Å². The molecule has 1 aliphatic rings. The molecule has 0 spiro atoms. The summed E-state index contributed by atoms with van der Waals surface area (Å²) in [6, 6.07) is 0. The third-order valence-corrected chi connectivity index (χ3v) is 1.65. The Labute approximate surface area is 61.3 Å². The van der Waals surface area contributed by atoms with Crippen molar-refractivity contribution in [3.63, 3.8) is 0 Å². The van der Waals surface area contributed by atoms with Gasteiger partial charge in [-0.1, -0.05) is 25.7 Å². The maximum atomic E-state index is 7.40. The molecule has 1 nitrogen and oxygen atoms in total. The highest BCUT2D eigenvalue weighted by atomic mass is 14.4. The summed E-state index contributed by atoms with van der Waals surface area (Å²) in [4.78, 5) is 0. The lowest BCUT2D eigenvalue weighted by Gasteiger charge is -2.09. The van der Waals surface area contributed by atoms with Crippen LogP contribution in [0.2, 0.25) is 0 Å². The SMILES string of the molecule is C=C1C(=N)C=CC=C1CC. The van der Waals surface area contributed by atoms with Crippen molar-refractivity contribution in [3.05, 3.63) is 36.0 Å². The molecule has 0 unspecified atom stereocenters. The van der Waals surface area contributed by atoms with Gasteiger partial charge in [0, 0.05) is 0 Å². The Kier molecular flexibility index (Phi) is 1.86. The molecule has 0 aromatic rings. The van der Waals surface area contributed by atoms with Gasteiger partial charge in [0.25, 0.3) is 0 Å². The van der Waals surface area contributed by atoms with Crippen LogP contribution in [0.1, 0.15) is 13.3 Å². The van der Waals surface area contributed by atoms with Gasteiger partial charge in [-0.2, -0.15) is 0 Å². The Hall–Kier alpha value is -1.11. The average Bonchev–Trinajstić information content (AvgIpc) is 1.95. The molecular weight excluding hydrogens is 122 g/mol. The Morgan fingerprint density at radius 3 is 2.80 bits per heavy atom. The van der Waals surface area contributed by atoms with Gasteiger partial charge in [0.2, 0.25) is 0 Å². The normalized spacial score (nSPS) is 17.5. The number of hydrogen-bond acceptors (Lipinski definition) is 1. The van der Waals surface area contributed by atoms with Crippen molar-refractivity contribution in [2.24, 2.45) is 0 Å². The lowest BCUT2D eigenvalue weighted by Crippen LogP contribution is -2.01. The molecule has 52 valence electrons. The van der Waals surface area contributed by atoms with Gasteiger partial charge in [-0.15, -0.1) is 0 Å². The zero-order valence-electron chi connectivity index (χ0n) is 6.15. The van der Waals surface area contributed by atoms with Gasteiger partial charge < -0.3 is 5.41 Å². The summed E-state index contributed by atoms with van der Waals surface area (Å²) in [6.45, 7) is 5.88. The maximum Gasteiger partial charge on any atom is 0.0609 e. The van der Waals surface area contributed by atoms with E-state index in [-0.39, 0.29) is 0 Å². The number of rotatable bonds is 1. The standard InChI is InChI=1S/C9H11N/c1-3-8-5-4-6-9(10)7(8)2/h4-6,10H,2-3H2,1H3. The highest BCUT2D eigenvalue weighted by molar-refractivity contribution is 6.10. The molecule has 0 atom stereocenters. The fourth-order valence-corrected chi connectivity index (χ4v) is 0.966. The molecule has 1 N–H and O–H groups in total. The fourth-order valence-electron chi connectivity index (χ4n) is 0.966. The van der Waals surface area contributed by atoms with Crippen LogP contribution in [0.5, 0.6) is 0 Å². The molecule has 0 fully saturated rings. The van der Waals surface area contributed by atoms with Crippen LogP contribution in [-0.2, 0) is 0 Å². The second-order valence-corrected chi connectivity index (χ2v) is 2.30. The first-order valence-corrected chi connectivity index (χ1v) is 3.41. The monoisotopic (exact) mass is 133 g/mol. The second kappa shape index (κ2) is 2.65. The first-order chi connectivity index (χ1) is 4.75. The van der Waals surface area contributed by atoms with E-state index in [9.17, 15) is 0 Å². The molecule has 0 amide bonds. The molecule has 1 rings (SSSR count). The molecule has 0 heterocycles. The van der Waals surface area contributed by atoms with Crippen molar-refractivity contribution < 1.29 is 0 Å². The van der Waals surface area contributed by atoms with Gasteiger partial charge in [-0.25, -0.2) is 0 Å². The first kappa shape index (κ1) is 7.00. The van der Waals surface area contributed by atoms with Crippen LogP contribution in [0.3, 0.4) is 0 Å². The molecule has 0 aromatic heterocycles. The van der Waals surface area contributed by atoms with Gasteiger partial charge in [0.05, 0.1) is 5.71 Å². The van der Waals surface area contributed by atoms with E-state index >= 15 is 0 Å². The average molecular weight is 133 g/mol. The minimum Gasteiger partial charge on any atom is -0.300 e. The van der Waals surface area contributed by atoms with Crippen LogP contribution in [0, 0.1) is 5.41 Å². The molecule has 0 aliphatic heterocycles. The van der Waals surface area contributed by atoms with Crippen LogP contribution in [0.4, 0.5) is 0 Å². The van der Waals surface area contributed by atoms with Crippen molar-refractivity contribution in [2.45, 2.75) is 13.3 Å². The summed E-state index contributed by atoms with van der Waals surface area (Å²) in [5.41, 5.74) is 2.58. The van der Waals surface area contributed by atoms with Crippen LogP contribution in [0.25, 0.3) is 0 Å². The van der Waals surface area contributed by atoms with Crippen molar-refractivity contribution in [3.8, 4) is 0 Å². The van der Waals surface area contributed by atoms with Gasteiger partial charge >= 0.3 is 0 Å². The lowest BCUT2D eigenvalue weighted by molar-refractivity contribution is 1.13. The minimum absolute atomic E-state index is 0.541. The Morgan fingerprint density at radius 1 is 1.60 bits per heavy atom. The Morgan fingerprint density at radius 2 is 2.30 bits per heavy atom. The third kappa shape index (κ3) is 1.08. The molecular formula is C9H11N. The maximum absolute atomic E-state index is 7.40. The zero-order chi connectivity index (χ0) is 7.56. The highest BCUT2D eigenvalue weighted by Crippen LogP contribution is 2.17. The predicted octanol–water partition coefficient (Wildman–Crippen LogP) is 2.47. The first-order valence-electron chi connectivity index (χ1n) is 3.41. The topological polar surface area (TPSA) is 23.9 Å². The molecule has 0 radical (unpaired) electrons. The lowest BCUT2D eigenvalue weighted by atomic mass is 9.96. The molecule has 0 bridgehead atoms. The van der Waals surface area contributed by atoms with Crippen LogP contribution in [0.15, 0.2) is 36.0 Å². The number of nitrogens with one attached hydrogen (secondary N) is 1. The second-order valence-electron chi connectivity index (χ2n) is 2.30. The van der Waals surface area contributed by atoms with Crippen LogP contribution < -0.4 is 0 Å². The van der Waals surface area contributed by atoms with E-state index in [1.807, 2.05) is 12.2 Å². The minimum atomic E-state index is 0.541. The van der Waals surface area contributed by atoms with Crippen molar-refractivity contribution in [1.29, 1.82) is 5.41 Å². The molecule has 0 saturated heterocycles. The summed E-state index contributed by atoms with van der Waals surface area (Å²) in [7, 11) is 0. The van der Waals surface area contributed by atoms with Gasteiger partial charge in [-0.3, -0.25) is 0 Å². The van der Waals surface area contributed by atoms with E-state index in [1.54, 1.807) is 6.08 Å². The molecule has 0 saturated carbocycles. The summed E-state index contributed by atoms with van der Waals surface area (Å²) in [5, 5.41) is 7.40. The smallest absolute Gasteiger partial charge is 0.0609 e. The highest BCUT2D eigenvalue weighted by Gasteiger charge is 2.05. The quantitative estimate of drug-likeness (QED) is 0.568. The zero-order valence-corrected chi connectivity index (χ0v) is 6.15. The van der Waals surface area contributed by atoms with E-state index in [1.165, 1.54) is 5.57 Å². The van der Waals surface area contributed by atoms with E-state index in [0.717, 1.165) is 12.0 Å². The van der Waals surface area contributed by atoms with Crippen molar-refractivity contribution in [1.82, 2.24) is 0 Å². The van der Waals surface area contributed by atoms with Gasteiger partial charge in [0.1, 0.15) is 0 Å². The summed E-state index contributed by atoms with van der Waals surface area (Å²) in [6.07, 6.45) is 6.64. The van der Waals surface area contributed by atoms with E-state index < -0.39 is 0 Å². The number of allylic oxidation sites excluding steroid dienone is 5. The van der Waals surface area contributed by atoms with Crippen molar-refractivity contribution >= 4 is 5.71 Å². The Bertz CT molecular complexity index is 231. The van der Waals surface area contributed by atoms with Crippen LogP contribution in [-0.4, -0.2) is 5.71 Å². The van der Waals surface area contributed by atoms with Gasteiger partial charge in [-0.05, 0) is 23.6 Å². The predicted molar refractivity (Wildman–Crippen MR) is 44.4 cm³/mol. The Balaban J connectivity index is 2.92. The van der Waals surface area contributed by atoms with E-state index in [4.69, 9.17) is 5.41 Å². The number of hydrogen-bond donors (Lipinski definition) is 1. The summed E-state index contributed by atoms with van der Waals surface area (Å²) >= 11 is 0. The van der Waals surface area contributed by atoms with Gasteiger partial charge in [0.15, 0.2) is 0 Å². The summed E-state index contributed by atoms with van der Waals surface area (Å²) in [5.74, 6) is 0. The largest absolute Gasteiger partial charge is 0.300 e. The molecule has 1 heteroatoms. The fraction of sp³-hybridized carbons (Fsp3) is 0.222. The molecule has 1 aliphatic carbocycles. The third-order valence-electron chi connectivity index (χ3n) is 1.65. The van der Waals surface area contributed by atoms with E-state index in [0.29, 0.717) is 5.71 Å². The van der Waals surface area contributed by atoms with Crippen LogP contribution >= 0.6 is 0 Å². The molecule has 0 aromatic carbocycles. The molecule has 10 heavy (non-hydrogen) atoms.